The summed E-state index contributed by atoms with van der Waals surface area (Å²) in [6.45, 7) is 0. The average Bonchev–Trinajstić information content (AvgIpc) is 2.47. The highest BCUT2D eigenvalue weighted by atomic mass is 32.2. The van der Waals surface area contributed by atoms with Crippen molar-refractivity contribution in [1.29, 1.82) is 5.26 Å². The van der Waals surface area contributed by atoms with Gasteiger partial charge in [0.05, 0.1) is 17.3 Å². The summed E-state index contributed by atoms with van der Waals surface area (Å²) in [7, 11) is -4.48. The van der Waals surface area contributed by atoms with Crippen LogP contribution in [0.25, 0.3) is 0 Å². The van der Waals surface area contributed by atoms with Gasteiger partial charge in [-0.15, -0.1) is 0 Å². The van der Waals surface area contributed by atoms with Gasteiger partial charge in [-0.05, 0) is 29.3 Å². The zero-order valence-corrected chi connectivity index (χ0v) is 13.4. The van der Waals surface area contributed by atoms with Crippen LogP contribution in [0.5, 0.6) is 0 Å². The van der Waals surface area contributed by atoms with Crippen LogP contribution in [-0.4, -0.2) is 24.4 Å². The standard InChI is InChI=1S/C16H16FN3O3S/c17-13-7-5-11(6-8-13)15(16(19,20)10-24(21,22)23)14-4-2-1-3-12(14)9-18/h1-8,15H,10,19-20H2,(H,21,22,23). The van der Waals surface area contributed by atoms with Gasteiger partial charge in [-0.2, -0.15) is 13.7 Å². The van der Waals surface area contributed by atoms with Crippen molar-refractivity contribution in [1.82, 2.24) is 0 Å². The van der Waals surface area contributed by atoms with Crippen molar-refractivity contribution in [2.45, 2.75) is 11.6 Å². The predicted molar refractivity (Wildman–Crippen MR) is 86.9 cm³/mol. The quantitative estimate of drug-likeness (QED) is 0.551. The number of hydrogen-bond acceptors (Lipinski definition) is 5. The van der Waals surface area contributed by atoms with Crippen LogP contribution in [0.1, 0.15) is 22.6 Å². The van der Waals surface area contributed by atoms with Gasteiger partial charge in [0.25, 0.3) is 10.1 Å². The second-order valence-corrected chi connectivity index (χ2v) is 6.97. The third-order valence-corrected chi connectivity index (χ3v) is 4.43. The van der Waals surface area contributed by atoms with Gasteiger partial charge in [0.2, 0.25) is 0 Å². The predicted octanol–water partition coefficient (Wildman–Crippen LogP) is 1.33. The molecule has 0 bridgehead atoms. The highest BCUT2D eigenvalue weighted by Gasteiger charge is 2.38. The lowest BCUT2D eigenvalue weighted by Crippen LogP contribution is -2.59. The highest BCUT2D eigenvalue weighted by molar-refractivity contribution is 7.85. The van der Waals surface area contributed by atoms with Crippen LogP contribution in [0.3, 0.4) is 0 Å². The first-order valence-corrected chi connectivity index (χ1v) is 8.52. The van der Waals surface area contributed by atoms with Crippen molar-refractivity contribution in [3.8, 4) is 6.07 Å². The van der Waals surface area contributed by atoms with Crippen LogP contribution in [0.15, 0.2) is 48.5 Å². The van der Waals surface area contributed by atoms with Crippen molar-refractivity contribution in [2.75, 3.05) is 5.75 Å². The molecule has 0 aliphatic heterocycles. The van der Waals surface area contributed by atoms with Gasteiger partial charge in [-0.3, -0.25) is 4.55 Å². The second-order valence-electron chi connectivity index (χ2n) is 5.52. The molecule has 0 saturated carbocycles. The number of nitrogens with two attached hydrogens (primary N) is 2. The summed E-state index contributed by atoms with van der Waals surface area (Å²) in [4.78, 5) is 0. The van der Waals surface area contributed by atoms with Crippen molar-refractivity contribution >= 4 is 10.1 Å². The van der Waals surface area contributed by atoms with Crippen molar-refractivity contribution in [2.24, 2.45) is 11.5 Å². The van der Waals surface area contributed by atoms with Gasteiger partial charge in [0, 0.05) is 5.92 Å². The molecule has 0 aromatic heterocycles. The third kappa shape index (κ3) is 4.15. The first kappa shape index (κ1) is 18.0. The Morgan fingerprint density at radius 2 is 1.75 bits per heavy atom. The third-order valence-electron chi connectivity index (χ3n) is 3.57. The molecule has 2 aromatic carbocycles. The lowest BCUT2D eigenvalue weighted by molar-refractivity contribution is 0.404. The Hall–Kier alpha value is -2.31. The Morgan fingerprint density at radius 1 is 1.17 bits per heavy atom. The molecule has 1 unspecified atom stereocenters. The van der Waals surface area contributed by atoms with E-state index in [0.29, 0.717) is 11.1 Å². The van der Waals surface area contributed by atoms with Gasteiger partial charge in [0.15, 0.2) is 0 Å². The van der Waals surface area contributed by atoms with Crippen LogP contribution in [0.4, 0.5) is 4.39 Å². The molecule has 2 rings (SSSR count). The van der Waals surface area contributed by atoms with Gasteiger partial charge in [-0.25, -0.2) is 4.39 Å². The van der Waals surface area contributed by atoms with E-state index >= 15 is 0 Å². The molecule has 8 heteroatoms. The van der Waals surface area contributed by atoms with E-state index in [1.807, 2.05) is 6.07 Å². The van der Waals surface area contributed by atoms with Crippen molar-refractivity contribution in [3.05, 3.63) is 71.0 Å². The molecule has 5 N–H and O–H groups in total. The van der Waals surface area contributed by atoms with Crippen LogP contribution in [0, 0.1) is 17.1 Å². The lowest BCUT2D eigenvalue weighted by atomic mass is 9.80. The maximum absolute atomic E-state index is 13.2. The normalized spacial score (nSPS) is 13.3. The summed E-state index contributed by atoms with van der Waals surface area (Å²) in [5, 5.41) is 9.30. The molecule has 6 nitrogen and oxygen atoms in total. The van der Waals surface area contributed by atoms with E-state index in [1.165, 1.54) is 30.3 Å². The van der Waals surface area contributed by atoms with Crippen molar-refractivity contribution < 1.29 is 17.4 Å². The maximum atomic E-state index is 13.2. The minimum atomic E-state index is -4.48. The molecule has 0 aliphatic carbocycles. The molecule has 0 radical (unpaired) electrons. The van der Waals surface area contributed by atoms with Crippen LogP contribution in [0.2, 0.25) is 0 Å². The van der Waals surface area contributed by atoms with E-state index in [0.717, 1.165) is 0 Å². The Morgan fingerprint density at radius 3 is 2.29 bits per heavy atom. The number of nitriles is 1. The Kier molecular flexibility index (Phi) is 5.01. The summed E-state index contributed by atoms with van der Waals surface area (Å²) in [6, 6.07) is 13.6. The van der Waals surface area contributed by atoms with E-state index in [1.54, 1.807) is 18.2 Å². The molecule has 0 heterocycles. The van der Waals surface area contributed by atoms with E-state index in [2.05, 4.69) is 0 Å². The van der Waals surface area contributed by atoms with Gasteiger partial charge < -0.3 is 11.5 Å². The molecule has 0 spiro atoms. The maximum Gasteiger partial charge on any atom is 0.268 e. The molecule has 24 heavy (non-hydrogen) atoms. The van der Waals surface area contributed by atoms with E-state index in [4.69, 9.17) is 16.0 Å². The molecular formula is C16H16FN3O3S. The van der Waals surface area contributed by atoms with Gasteiger partial charge >= 0.3 is 0 Å². The number of halogens is 1. The molecule has 0 amide bonds. The summed E-state index contributed by atoms with van der Waals surface area (Å²) in [5.41, 5.74) is 11.2. The number of nitrogens with zero attached hydrogens (tertiary/aromatic N) is 1. The Bertz CT molecular complexity index is 874. The zero-order valence-electron chi connectivity index (χ0n) is 12.6. The number of rotatable bonds is 5. The topological polar surface area (TPSA) is 130 Å². The fourth-order valence-electron chi connectivity index (χ4n) is 2.68. The number of benzene rings is 2. The molecule has 0 saturated heterocycles. The fourth-order valence-corrected chi connectivity index (χ4v) is 3.48. The molecule has 126 valence electrons. The molecule has 0 aliphatic rings. The monoisotopic (exact) mass is 349 g/mol. The van der Waals surface area contributed by atoms with Gasteiger partial charge in [-0.1, -0.05) is 30.3 Å². The van der Waals surface area contributed by atoms with Crippen LogP contribution in [-0.2, 0) is 10.1 Å². The Labute approximate surface area is 139 Å². The summed E-state index contributed by atoms with van der Waals surface area (Å²) >= 11 is 0. The molecular weight excluding hydrogens is 333 g/mol. The van der Waals surface area contributed by atoms with E-state index in [9.17, 15) is 18.1 Å². The smallest absolute Gasteiger partial charge is 0.268 e. The largest absolute Gasteiger partial charge is 0.312 e. The molecule has 2 aromatic rings. The first-order chi connectivity index (χ1) is 11.1. The van der Waals surface area contributed by atoms with Crippen LogP contribution < -0.4 is 11.5 Å². The summed E-state index contributed by atoms with van der Waals surface area (Å²) in [6.07, 6.45) is 0. The highest BCUT2D eigenvalue weighted by Crippen LogP contribution is 2.33. The number of hydrogen-bond donors (Lipinski definition) is 3. The van der Waals surface area contributed by atoms with E-state index < -0.39 is 33.3 Å². The Balaban J connectivity index is 2.66. The minimum absolute atomic E-state index is 0.252. The average molecular weight is 349 g/mol. The zero-order chi connectivity index (χ0) is 18.0. The second kappa shape index (κ2) is 6.67. The fraction of sp³-hybridized carbons (Fsp3) is 0.188. The van der Waals surface area contributed by atoms with Crippen LogP contribution >= 0.6 is 0 Å². The minimum Gasteiger partial charge on any atom is -0.312 e. The summed E-state index contributed by atoms with van der Waals surface area (Å²) in [5.74, 6) is -2.36. The lowest BCUT2D eigenvalue weighted by Gasteiger charge is -2.34. The molecule has 0 fully saturated rings. The van der Waals surface area contributed by atoms with E-state index in [-0.39, 0.29) is 5.56 Å². The van der Waals surface area contributed by atoms with Gasteiger partial charge in [0.1, 0.15) is 11.6 Å². The summed E-state index contributed by atoms with van der Waals surface area (Å²) < 4.78 is 45.0. The van der Waals surface area contributed by atoms with Crippen molar-refractivity contribution in [3.63, 3.8) is 0 Å². The first-order valence-electron chi connectivity index (χ1n) is 6.91. The molecule has 1 atom stereocenters. The SMILES string of the molecule is N#Cc1ccccc1C(c1ccc(F)cc1)C(N)(N)CS(=O)(=O)O.